The number of rotatable bonds is 16. The van der Waals surface area contributed by atoms with Crippen LogP contribution in [-0.2, 0) is 14.5 Å². The molecule has 178 valence electrons. The summed E-state index contributed by atoms with van der Waals surface area (Å²) in [4.78, 5) is 11.8. The summed E-state index contributed by atoms with van der Waals surface area (Å²) in [6.45, 7) is 7.68. The molecule has 7 heteroatoms. The average Bonchev–Trinajstić information content (AvgIpc) is 2.68. The number of hydrogen-bond donors (Lipinski definition) is 1. The summed E-state index contributed by atoms with van der Waals surface area (Å²) in [6, 6.07) is 6.62. The van der Waals surface area contributed by atoms with Gasteiger partial charge < -0.3 is 5.11 Å². The van der Waals surface area contributed by atoms with Gasteiger partial charge in [-0.3, -0.25) is 4.18 Å². The summed E-state index contributed by atoms with van der Waals surface area (Å²) in [5, 5.41) is 9.61. The Hall–Kier alpha value is -1.60. The van der Waals surface area contributed by atoms with Gasteiger partial charge in [0, 0.05) is 0 Å². The Morgan fingerprint density at radius 2 is 1.45 bits per heavy atom. The maximum Gasteiger partial charge on any atom is 0.427 e. The third-order valence-electron chi connectivity index (χ3n) is 5.42. The zero-order valence-electron chi connectivity index (χ0n) is 19.7. The van der Waals surface area contributed by atoms with Gasteiger partial charge in [0.25, 0.3) is 0 Å². The van der Waals surface area contributed by atoms with Crippen LogP contribution in [0, 0.1) is 0 Å². The molecule has 0 aliphatic heterocycles. The van der Waals surface area contributed by atoms with Gasteiger partial charge in [0.05, 0.1) is 11.8 Å². The standard InChI is InChI=1S/C24H41NO5S/c1-5-6-7-8-9-10-11-12-13-14-17-21(4)30-31(28,29)25(24(26)27)23-19-16-15-18-22(23)20(2)3/h15-16,18-21H,5-14,17H2,1-4H3,(H,26,27). The Morgan fingerprint density at radius 1 is 0.935 bits per heavy atom. The van der Waals surface area contributed by atoms with E-state index in [0.29, 0.717) is 16.3 Å². The topological polar surface area (TPSA) is 83.9 Å². The fourth-order valence-corrected chi connectivity index (χ4v) is 4.89. The highest BCUT2D eigenvalue weighted by Crippen LogP contribution is 2.30. The lowest BCUT2D eigenvalue weighted by atomic mass is 10.0. The van der Waals surface area contributed by atoms with Crippen LogP contribution in [0.25, 0.3) is 0 Å². The molecule has 0 aliphatic rings. The molecule has 6 nitrogen and oxygen atoms in total. The minimum Gasteiger partial charge on any atom is -0.464 e. The maximum atomic E-state index is 12.8. The van der Waals surface area contributed by atoms with Gasteiger partial charge >= 0.3 is 16.4 Å². The van der Waals surface area contributed by atoms with Crippen LogP contribution >= 0.6 is 0 Å². The van der Waals surface area contributed by atoms with Gasteiger partial charge in [0.1, 0.15) is 0 Å². The number of benzene rings is 1. The molecule has 31 heavy (non-hydrogen) atoms. The van der Waals surface area contributed by atoms with E-state index in [-0.39, 0.29) is 11.6 Å². The van der Waals surface area contributed by atoms with Gasteiger partial charge in [-0.15, -0.1) is 4.31 Å². The lowest BCUT2D eigenvalue weighted by molar-refractivity contribution is 0.196. The van der Waals surface area contributed by atoms with Crippen LogP contribution in [0.4, 0.5) is 10.5 Å². The average molecular weight is 456 g/mol. The van der Waals surface area contributed by atoms with Crippen LogP contribution in [0.2, 0.25) is 0 Å². The van der Waals surface area contributed by atoms with E-state index in [9.17, 15) is 18.3 Å². The van der Waals surface area contributed by atoms with Crippen molar-refractivity contribution in [2.45, 2.75) is 110 Å². The maximum absolute atomic E-state index is 12.8. The van der Waals surface area contributed by atoms with Crippen molar-refractivity contribution in [2.24, 2.45) is 0 Å². The molecule has 1 atom stereocenters. The molecule has 0 aromatic heterocycles. The highest BCUT2D eigenvalue weighted by Gasteiger charge is 2.33. The van der Waals surface area contributed by atoms with Gasteiger partial charge in [-0.25, -0.2) is 4.79 Å². The summed E-state index contributed by atoms with van der Waals surface area (Å²) >= 11 is 0. The van der Waals surface area contributed by atoms with Crippen LogP contribution in [0.15, 0.2) is 24.3 Å². The molecule has 0 aliphatic carbocycles. The second-order valence-electron chi connectivity index (χ2n) is 8.60. The van der Waals surface area contributed by atoms with Crippen LogP contribution in [0.3, 0.4) is 0 Å². The van der Waals surface area contributed by atoms with Crippen LogP contribution in [-0.4, -0.2) is 25.7 Å². The SMILES string of the molecule is CCCCCCCCCCCCC(C)OS(=O)(=O)N(C(=O)O)c1ccccc1C(C)C. The Labute approximate surface area is 189 Å². The van der Waals surface area contributed by atoms with Crippen molar-refractivity contribution in [3.8, 4) is 0 Å². The molecule has 1 amide bonds. The molecule has 1 rings (SSSR count). The Bertz CT molecular complexity index is 748. The Balaban J connectivity index is 2.52. The first-order valence-electron chi connectivity index (χ1n) is 11.8. The lowest BCUT2D eigenvalue weighted by Gasteiger charge is -2.24. The number of anilines is 1. The van der Waals surface area contributed by atoms with E-state index >= 15 is 0 Å². The number of nitrogens with zero attached hydrogens (tertiary/aromatic N) is 1. The van der Waals surface area contributed by atoms with Crippen molar-refractivity contribution in [1.29, 1.82) is 0 Å². The summed E-state index contributed by atoms with van der Waals surface area (Å²) in [5.41, 5.74) is 0.760. The smallest absolute Gasteiger partial charge is 0.427 e. The lowest BCUT2D eigenvalue weighted by Crippen LogP contribution is -2.39. The zero-order chi connectivity index (χ0) is 23.3. The first-order valence-corrected chi connectivity index (χ1v) is 13.1. The number of carboxylic acid groups (broad SMARTS) is 1. The molecule has 0 bridgehead atoms. The largest absolute Gasteiger partial charge is 0.464 e. The minimum absolute atomic E-state index is 0.0303. The molecule has 0 fully saturated rings. The molecule has 0 heterocycles. The molecule has 1 aromatic carbocycles. The second-order valence-corrected chi connectivity index (χ2v) is 10.0. The first-order chi connectivity index (χ1) is 14.7. The highest BCUT2D eigenvalue weighted by molar-refractivity contribution is 7.89. The molecule has 0 radical (unpaired) electrons. The van der Waals surface area contributed by atoms with E-state index in [1.807, 2.05) is 13.8 Å². The summed E-state index contributed by atoms with van der Waals surface area (Å²) in [6.07, 6.45) is 10.5. The van der Waals surface area contributed by atoms with Crippen molar-refractivity contribution in [2.75, 3.05) is 4.31 Å². The van der Waals surface area contributed by atoms with E-state index < -0.39 is 22.5 Å². The van der Waals surface area contributed by atoms with Gasteiger partial charge in [0.2, 0.25) is 0 Å². The number of carbonyl (C=O) groups is 1. The molecule has 1 aromatic rings. The van der Waals surface area contributed by atoms with Gasteiger partial charge in [0.15, 0.2) is 0 Å². The normalized spacial score (nSPS) is 12.8. The van der Waals surface area contributed by atoms with Crippen molar-refractivity contribution >= 4 is 22.1 Å². The molecule has 0 saturated carbocycles. The highest BCUT2D eigenvalue weighted by atomic mass is 32.2. The quantitative estimate of drug-likeness (QED) is 0.265. The van der Waals surface area contributed by atoms with Crippen LogP contribution < -0.4 is 4.31 Å². The molecule has 1 unspecified atom stereocenters. The Morgan fingerprint density at radius 3 is 1.97 bits per heavy atom. The van der Waals surface area contributed by atoms with E-state index in [4.69, 9.17) is 4.18 Å². The van der Waals surface area contributed by atoms with E-state index in [1.54, 1.807) is 25.1 Å². The summed E-state index contributed by atoms with van der Waals surface area (Å²) < 4.78 is 31.1. The van der Waals surface area contributed by atoms with E-state index in [2.05, 4.69) is 6.92 Å². The number of unbranched alkanes of at least 4 members (excludes halogenated alkanes) is 9. The van der Waals surface area contributed by atoms with Crippen molar-refractivity contribution < 1.29 is 22.5 Å². The fraction of sp³-hybridized carbons (Fsp3) is 0.708. The number of amides is 1. The van der Waals surface area contributed by atoms with E-state index in [0.717, 1.165) is 19.3 Å². The van der Waals surface area contributed by atoms with Gasteiger partial charge in [-0.05, 0) is 30.9 Å². The second kappa shape index (κ2) is 14.5. The Kier molecular flexibility index (Phi) is 12.8. The van der Waals surface area contributed by atoms with Crippen LogP contribution in [0.1, 0.15) is 110 Å². The minimum atomic E-state index is -4.46. The number of hydrogen-bond acceptors (Lipinski definition) is 4. The molecule has 0 spiro atoms. The predicted octanol–water partition coefficient (Wildman–Crippen LogP) is 7.26. The van der Waals surface area contributed by atoms with Crippen LogP contribution in [0.5, 0.6) is 0 Å². The molecule has 1 N–H and O–H groups in total. The molecular weight excluding hydrogens is 414 g/mol. The number of para-hydroxylation sites is 1. The first kappa shape index (κ1) is 27.4. The van der Waals surface area contributed by atoms with Gasteiger partial charge in [-0.2, -0.15) is 8.42 Å². The third kappa shape index (κ3) is 10.0. The molecule has 0 saturated heterocycles. The van der Waals surface area contributed by atoms with E-state index in [1.165, 1.54) is 51.0 Å². The zero-order valence-corrected chi connectivity index (χ0v) is 20.5. The predicted molar refractivity (Wildman–Crippen MR) is 127 cm³/mol. The van der Waals surface area contributed by atoms with Crippen molar-refractivity contribution in [3.63, 3.8) is 0 Å². The van der Waals surface area contributed by atoms with Gasteiger partial charge in [-0.1, -0.05) is 103 Å². The van der Waals surface area contributed by atoms with Crippen molar-refractivity contribution in [3.05, 3.63) is 29.8 Å². The molecular formula is C24H41NO5S. The summed E-state index contributed by atoms with van der Waals surface area (Å²) in [5.74, 6) is -0.0303. The fourth-order valence-electron chi connectivity index (χ4n) is 3.70. The summed E-state index contributed by atoms with van der Waals surface area (Å²) in [7, 11) is -4.46. The monoisotopic (exact) mass is 455 g/mol. The van der Waals surface area contributed by atoms with Crippen molar-refractivity contribution in [1.82, 2.24) is 0 Å². The third-order valence-corrected chi connectivity index (χ3v) is 6.80.